The molecule has 0 aromatic heterocycles. The van der Waals surface area contributed by atoms with Gasteiger partial charge in [0, 0.05) is 0 Å². The van der Waals surface area contributed by atoms with Crippen molar-refractivity contribution in [2.24, 2.45) is 0 Å². The molecular formula is C95H70. The highest BCUT2D eigenvalue weighted by Crippen LogP contribution is 2.45. The standard InChI is InChI=1S/C95H70/c1-11-31-66(32-12-1)86-56-77-52-79-59-91(71-41-21-6-22-42-71)81(61-90(79)70-39-19-5-20-40-70)54-83-63-95(75-49-29-10-30-50-75)85(65-94(83)74-47-27-9-28-48-74)55-84-64-92(72-43-23-7-24-44-72)82(62-93(84)73-45-25-8-26-46-73)53-80-60-88(68-35-15-3-16-36-68)78(58-89(80)69-37-17-4-18-38-69)51-76(86)57-87(77)67-33-13-2-14-34-67/h1-50,56-65H,51-55H2. The smallest absolute Gasteiger partial charge is 0.00130 e. The molecule has 0 saturated heterocycles. The minimum Gasteiger partial charge on any atom is -0.0622 e. The van der Waals surface area contributed by atoms with Gasteiger partial charge in [-0.3, -0.25) is 0 Å². The van der Waals surface area contributed by atoms with Gasteiger partial charge in [0.25, 0.3) is 0 Å². The monoisotopic (exact) mass is 1210 g/mol. The van der Waals surface area contributed by atoms with Crippen LogP contribution in [0.25, 0.3) is 111 Å². The van der Waals surface area contributed by atoms with Gasteiger partial charge in [0.05, 0.1) is 0 Å². The van der Waals surface area contributed by atoms with Crippen molar-refractivity contribution >= 4 is 0 Å². The van der Waals surface area contributed by atoms with Crippen LogP contribution in [0.1, 0.15) is 55.6 Å². The van der Waals surface area contributed by atoms with Crippen LogP contribution in [-0.2, 0) is 32.1 Å². The maximum atomic E-state index is 2.55. The minimum atomic E-state index is 0.703. The molecule has 10 aliphatic rings. The van der Waals surface area contributed by atoms with E-state index in [1.54, 1.807) is 0 Å². The molecule has 10 bridgehead atoms. The molecule has 25 rings (SSSR count). The van der Waals surface area contributed by atoms with Gasteiger partial charge in [0.15, 0.2) is 0 Å². The van der Waals surface area contributed by atoms with Crippen LogP contribution in [0.5, 0.6) is 0 Å². The number of hydrogen-bond donors (Lipinski definition) is 0. The highest BCUT2D eigenvalue weighted by Gasteiger charge is 2.25. The van der Waals surface area contributed by atoms with Crippen molar-refractivity contribution in [3.63, 3.8) is 0 Å². The molecular weight excluding hydrogens is 1140 g/mol. The highest BCUT2D eigenvalue weighted by atomic mass is 14.3. The second kappa shape index (κ2) is 26.5. The molecule has 0 atom stereocenters. The first-order valence-electron chi connectivity index (χ1n) is 33.4. The van der Waals surface area contributed by atoms with Crippen molar-refractivity contribution in [3.05, 3.63) is 420 Å². The second-order valence-corrected chi connectivity index (χ2v) is 25.4. The van der Waals surface area contributed by atoms with E-state index >= 15 is 0 Å². The Morgan fingerprint density at radius 3 is 0.274 bits per heavy atom. The van der Waals surface area contributed by atoms with Crippen LogP contribution < -0.4 is 0 Å². The molecule has 15 aromatic carbocycles. The first kappa shape index (κ1) is 58.4. The van der Waals surface area contributed by atoms with Gasteiger partial charge in [-0.05, 0) is 260 Å². The molecule has 0 spiro atoms. The van der Waals surface area contributed by atoms with Crippen molar-refractivity contribution in [2.45, 2.75) is 32.1 Å². The highest BCUT2D eigenvalue weighted by molar-refractivity contribution is 5.87. The Morgan fingerprint density at radius 1 is 0.105 bits per heavy atom. The van der Waals surface area contributed by atoms with Crippen molar-refractivity contribution in [3.8, 4) is 111 Å². The molecule has 450 valence electrons. The topological polar surface area (TPSA) is 0 Å². The van der Waals surface area contributed by atoms with Crippen LogP contribution in [0.2, 0.25) is 0 Å². The normalized spacial score (nSPS) is 12.0. The number of hydrogen-bond acceptors (Lipinski definition) is 0. The summed E-state index contributed by atoms with van der Waals surface area (Å²) in [5.41, 5.74) is 37.2. The molecule has 0 N–H and O–H groups in total. The fourth-order valence-corrected chi connectivity index (χ4v) is 14.8. The Hall–Kier alpha value is -11.7. The van der Waals surface area contributed by atoms with Gasteiger partial charge >= 0.3 is 0 Å². The molecule has 0 unspecified atom stereocenters. The van der Waals surface area contributed by atoms with Crippen LogP contribution in [-0.4, -0.2) is 0 Å². The zero-order valence-electron chi connectivity index (χ0n) is 53.2. The van der Waals surface area contributed by atoms with Gasteiger partial charge < -0.3 is 0 Å². The largest absolute Gasteiger partial charge is 0.0622 e. The Balaban J connectivity index is 1.04. The summed E-state index contributed by atoms with van der Waals surface area (Å²) < 4.78 is 0. The lowest BCUT2D eigenvalue weighted by Crippen LogP contribution is -2.04. The van der Waals surface area contributed by atoms with E-state index in [9.17, 15) is 0 Å². The molecule has 95 heavy (non-hydrogen) atoms. The summed E-state index contributed by atoms with van der Waals surface area (Å²) >= 11 is 0. The molecule has 0 fully saturated rings. The van der Waals surface area contributed by atoms with E-state index in [0.717, 1.165) is 0 Å². The lowest BCUT2D eigenvalue weighted by molar-refractivity contribution is 1.14. The molecule has 0 aliphatic heterocycles. The molecule has 0 saturated carbocycles. The fraction of sp³-hybridized carbons (Fsp3) is 0.0526. The maximum Gasteiger partial charge on any atom is -0.00130 e. The lowest BCUT2D eigenvalue weighted by Gasteiger charge is -2.23. The Morgan fingerprint density at radius 2 is 0.189 bits per heavy atom. The van der Waals surface area contributed by atoms with Gasteiger partial charge in [0.2, 0.25) is 0 Å². The van der Waals surface area contributed by atoms with E-state index in [2.05, 4.69) is 364 Å². The molecule has 10 aliphatic carbocycles. The third kappa shape index (κ3) is 12.2. The van der Waals surface area contributed by atoms with Crippen LogP contribution in [0.15, 0.2) is 364 Å². The van der Waals surface area contributed by atoms with E-state index < -0.39 is 0 Å². The lowest BCUT2D eigenvalue weighted by atomic mass is 9.81. The SMILES string of the molecule is c1ccc(-c2cc3c(-c4ccccc4)cc2Cc2cc(-c4ccccc4)c(cc2-c2ccccc2)Cc2cc(-c4ccccc4)c(cc2-c2ccccc2)Cc2cc(-c4ccccc4)c(cc2-c2ccccc2)Cc2cc(-c4ccccc4)c(cc2-c2ccccc2)C3)cc1. The van der Waals surface area contributed by atoms with Gasteiger partial charge in [0.1, 0.15) is 0 Å². The van der Waals surface area contributed by atoms with Crippen LogP contribution >= 0.6 is 0 Å². The molecule has 15 aromatic rings. The number of rotatable bonds is 10. The van der Waals surface area contributed by atoms with E-state index in [1.165, 1.54) is 167 Å². The average Bonchev–Trinajstić information content (AvgIpc) is 0.990. The Kier molecular flexibility index (Phi) is 16.3. The zero-order valence-corrected chi connectivity index (χ0v) is 53.2. The Labute approximate surface area is 559 Å². The van der Waals surface area contributed by atoms with E-state index in [4.69, 9.17) is 0 Å². The Bertz CT molecular complexity index is 4070. The van der Waals surface area contributed by atoms with E-state index in [0.29, 0.717) is 32.1 Å². The van der Waals surface area contributed by atoms with Crippen molar-refractivity contribution in [2.75, 3.05) is 0 Å². The summed E-state index contributed by atoms with van der Waals surface area (Å²) in [7, 11) is 0. The van der Waals surface area contributed by atoms with Gasteiger partial charge in [-0.2, -0.15) is 0 Å². The first-order chi connectivity index (χ1) is 47.1. The van der Waals surface area contributed by atoms with Gasteiger partial charge in [-0.25, -0.2) is 0 Å². The number of benzene rings is 15. The summed E-state index contributed by atoms with van der Waals surface area (Å²) in [4.78, 5) is 0. The van der Waals surface area contributed by atoms with Gasteiger partial charge in [-0.15, -0.1) is 0 Å². The molecule has 0 amide bonds. The minimum absolute atomic E-state index is 0.703. The first-order valence-corrected chi connectivity index (χ1v) is 33.4. The third-order valence-corrected chi connectivity index (χ3v) is 19.4. The summed E-state index contributed by atoms with van der Waals surface area (Å²) in [5.74, 6) is 0. The molecule has 0 heteroatoms. The second-order valence-electron chi connectivity index (χ2n) is 25.4. The zero-order chi connectivity index (χ0) is 63.3. The predicted octanol–water partition coefficient (Wildman–Crippen LogP) is 24.6. The van der Waals surface area contributed by atoms with Crippen LogP contribution in [0.3, 0.4) is 0 Å². The maximum absolute atomic E-state index is 2.55. The van der Waals surface area contributed by atoms with E-state index in [-0.39, 0.29) is 0 Å². The molecule has 0 radical (unpaired) electrons. The van der Waals surface area contributed by atoms with Gasteiger partial charge in [-0.1, -0.05) is 303 Å². The predicted molar refractivity (Wildman–Crippen MR) is 401 cm³/mol. The summed E-state index contributed by atoms with van der Waals surface area (Å²) in [6.07, 6.45) is 3.51. The fourth-order valence-electron chi connectivity index (χ4n) is 14.8. The quantitative estimate of drug-likeness (QED) is 0.128. The van der Waals surface area contributed by atoms with Crippen LogP contribution in [0, 0.1) is 0 Å². The van der Waals surface area contributed by atoms with Crippen LogP contribution in [0.4, 0.5) is 0 Å². The van der Waals surface area contributed by atoms with E-state index in [1.807, 2.05) is 0 Å². The summed E-state index contributed by atoms with van der Waals surface area (Å²) in [5, 5.41) is 0. The van der Waals surface area contributed by atoms with Crippen molar-refractivity contribution in [1.29, 1.82) is 0 Å². The summed E-state index contributed by atoms with van der Waals surface area (Å²) in [6, 6.07) is 137. The summed E-state index contributed by atoms with van der Waals surface area (Å²) in [6.45, 7) is 0. The molecule has 0 nitrogen and oxygen atoms in total. The average molecular weight is 1210 g/mol. The third-order valence-electron chi connectivity index (χ3n) is 19.4. The van der Waals surface area contributed by atoms with Crippen molar-refractivity contribution < 1.29 is 0 Å². The van der Waals surface area contributed by atoms with Crippen molar-refractivity contribution in [1.82, 2.24) is 0 Å². The molecule has 0 heterocycles.